The van der Waals surface area contributed by atoms with Crippen molar-refractivity contribution in [1.82, 2.24) is 10.2 Å². The highest BCUT2D eigenvalue weighted by Crippen LogP contribution is 2.36. The second-order valence-electron chi connectivity index (χ2n) is 5.28. The van der Waals surface area contributed by atoms with Crippen LogP contribution in [0.4, 0.5) is 8.78 Å². The van der Waals surface area contributed by atoms with E-state index < -0.39 is 6.61 Å². The van der Waals surface area contributed by atoms with Gasteiger partial charge in [0.15, 0.2) is 0 Å². The Morgan fingerprint density at radius 3 is 2.35 bits per heavy atom. The average Bonchev–Trinajstić information content (AvgIpc) is 2.96. The summed E-state index contributed by atoms with van der Waals surface area (Å²) >= 11 is 7.65. The van der Waals surface area contributed by atoms with E-state index in [0.29, 0.717) is 0 Å². The van der Waals surface area contributed by atoms with Crippen LogP contribution in [0.25, 0.3) is 0 Å². The van der Waals surface area contributed by atoms with E-state index in [9.17, 15) is 8.78 Å². The molecule has 2 aromatic rings. The Balaban J connectivity index is 1.88. The summed E-state index contributed by atoms with van der Waals surface area (Å²) in [6.45, 7) is 0.913. The minimum atomic E-state index is -2.80. The van der Waals surface area contributed by atoms with Gasteiger partial charge in [0, 0.05) is 31.1 Å². The Morgan fingerprint density at radius 1 is 1.09 bits per heavy atom. The van der Waals surface area contributed by atoms with Gasteiger partial charge in [-0.1, -0.05) is 23.7 Å². The van der Waals surface area contributed by atoms with Gasteiger partial charge >= 0.3 is 6.61 Å². The molecule has 7 heteroatoms. The highest BCUT2D eigenvalue weighted by atomic mass is 35.5. The maximum absolute atomic E-state index is 12.3. The van der Waals surface area contributed by atoms with Crippen LogP contribution < -0.4 is 10.1 Å². The van der Waals surface area contributed by atoms with Crippen molar-refractivity contribution in [3.05, 3.63) is 51.2 Å². The Morgan fingerprint density at radius 2 is 1.78 bits per heavy atom. The quantitative estimate of drug-likeness (QED) is 0.874. The molecule has 0 radical (unpaired) electrons. The summed E-state index contributed by atoms with van der Waals surface area (Å²) in [6.07, 6.45) is 0. The Labute approximate surface area is 142 Å². The highest BCUT2D eigenvalue weighted by molar-refractivity contribution is 7.16. The smallest absolute Gasteiger partial charge is 0.387 e. The van der Waals surface area contributed by atoms with E-state index >= 15 is 0 Å². The number of rotatable bonds is 5. The standard InChI is InChI=1S/C16H17ClF2N2OS/c17-14-6-5-13(23-14)15(21-9-7-20-8-10-21)11-1-3-12(4-2-11)22-16(18)19/h1-6,15-16,20H,7-10H2/t15-/m1/s1. The lowest BCUT2D eigenvalue weighted by molar-refractivity contribution is -0.0498. The van der Waals surface area contributed by atoms with E-state index in [2.05, 4.69) is 15.0 Å². The van der Waals surface area contributed by atoms with Crippen molar-refractivity contribution in [3.63, 3.8) is 0 Å². The topological polar surface area (TPSA) is 24.5 Å². The number of hydrogen-bond acceptors (Lipinski definition) is 4. The van der Waals surface area contributed by atoms with Crippen LogP contribution in [-0.4, -0.2) is 37.7 Å². The van der Waals surface area contributed by atoms with Gasteiger partial charge in [0.2, 0.25) is 0 Å². The molecule has 1 fully saturated rings. The second-order valence-corrected chi connectivity index (χ2v) is 7.02. The summed E-state index contributed by atoms with van der Waals surface area (Å²) in [5.74, 6) is 0.173. The zero-order valence-electron chi connectivity index (χ0n) is 12.3. The molecule has 1 saturated heterocycles. The number of alkyl halides is 2. The van der Waals surface area contributed by atoms with Crippen molar-refractivity contribution in [1.29, 1.82) is 0 Å². The van der Waals surface area contributed by atoms with E-state index in [4.69, 9.17) is 11.6 Å². The number of nitrogens with zero attached hydrogens (tertiary/aromatic N) is 1. The number of nitrogens with one attached hydrogen (secondary N) is 1. The molecule has 0 unspecified atom stereocenters. The maximum Gasteiger partial charge on any atom is 0.387 e. The van der Waals surface area contributed by atoms with Crippen molar-refractivity contribution in [2.75, 3.05) is 26.2 Å². The van der Waals surface area contributed by atoms with Gasteiger partial charge < -0.3 is 10.1 Å². The van der Waals surface area contributed by atoms with Crippen molar-refractivity contribution < 1.29 is 13.5 Å². The van der Waals surface area contributed by atoms with Gasteiger partial charge in [-0.05, 0) is 29.8 Å². The van der Waals surface area contributed by atoms with Crippen LogP contribution in [0.5, 0.6) is 5.75 Å². The van der Waals surface area contributed by atoms with Crippen molar-refractivity contribution in [2.45, 2.75) is 12.7 Å². The van der Waals surface area contributed by atoms with Crippen LogP contribution >= 0.6 is 22.9 Å². The molecule has 124 valence electrons. The summed E-state index contributed by atoms with van der Waals surface area (Å²) < 4.78 is 29.8. The number of piperazine rings is 1. The molecule has 3 nitrogen and oxygen atoms in total. The third-order valence-corrected chi connectivity index (χ3v) is 5.08. The Bertz CT molecular complexity index is 629. The van der Waals surface area contributed by atoms with Gasteiger partial charge in [0.05, 0.1) is 10.4 Å². The number of hydrogen-bond donors (Lipinski definition) is 1. The van der Waals surface area contributed by atoms with E-state index in [-0.39, 0.29) is 11.8 Å². The molecule has 1 aromatic carbocycles. The summed E-state index contributed by atoms with van der Waals surface area (Å²) in [5, 5.41) is 3.34. The SMILES string of the molecule is FC(F)Oc1ccc([C@H](c2ccc(Cl)s2)N2CCNCC2)cc1. The first-order valence-electron chi connectivity index (χ1n) is 7.38. The monoisotopic (exact) mass is 358 g/mol. The van der Waals surface area contributed by atoms with E-state index in [1.807, 2.05) is 24.3 Å². The zero-order valence-corrected chi connectivity index (χ0v) is 13.9. The molecule has 0 spiro atoms. The van der Waals surface area contributed by atoms with E-state index in [0.717, 1.165) is 41.0 Å². The van der Waals surface area contributed by atoms with Crippen LogP contribution in [0.15, 0.2) is 36.4 Å². The van der Waals surface area contributed by atoms with Crippen LogP contribution in [-0.2, 0) is 0 Å². The zero-order chi connectivity index (χ0) is 16.2. The lowest BCUT2D eigenvalue weighted by Gasteiger charge is -2.34. The molecule has 3 rings (SSSR count). The van der Waals surface area contributed by atoms with Crippen molar-refractivity contribution in [2.24, 2.45) is 0 Å². The average molecular weight is 359 g/mol. The lowest BCUT2D eigenvalue weighted by Crippen LogP contribution is -2.45. The summed E-state index contributed by atoms with van der Waals surface area (Å²) in [7, 11) is 0. The number of halogens is 3. The fourth-order valence-electron chi connectivity index (χ4n) is 2.80. The molecule has 1 N–H and O–H groups in total. The number of ether oxygens (including phenoxy) is 1. The normalized spacial score (nSPS) is 17.4. The van der Waals surface area contributed by atoms with E-state index in [1.54, 1.807) is 23.5 Å². The van der Waals surface area contributed by atoms with Crippen molar-refractivity contribution >= 4 is 22.9 Å². The molecule has 0 saturated carbocycles. The first kappa shape index (κ1) is 16.6. The van der Waals surface area contributed by atoms with Crippen LogP contribution in [0.3, 0.4) is 0 Å². The third kappa shape index (κ3) is 4.20. The summed E-state index contributed by atoms with van der Waals surface area (Å²) in [4.78, 5) is 3.53. The first-order chi connectivity index (χ1) is 11.1. The number of thiophene rings is 1. The van der Waals surface area contributed by atoms with Crippen LogP contribution in [0, 0.1) is 0 Å². The van der Waals surface area contributed by atoms with Gasteiger partial charge in [-0.15, -0.1) is 11.3 Å². The highest BCUT2D eigenvalue weighted by Gasteiger charge is 2.25. The molecule has 0 aliphatic carbocycles. The molecule has 1 aliphatic rings. The number of benzene rings is 1. The third-order valence-electron chi connectivity index (χ3n) is 3.80. The van der Waals surface area contributed by atoms with Gasteiger partial charge in [0.1, 0.15) is 5.75 Å². The lowest BCUT2D eigenvalue weighted by atomic mass is 10.0. The van der Waals surface area contributed by atoms with Gasteiger partial charge in [-0.2, -0.15) is 8.78 Å². The predicted octanol–water partition coefficient (Wildman–Crippen LogP) is 4.00. The van der Waals surface area contributed by atoms with Gasteiger partial charge in [-0.3, -0.25) is 4.90 Å². The molecular formula is C16H17ClF2N2OS. The fraction of sp³-hybridized carbons (Fsp3) is 0.375. The van der Waals surface area contributed by atoms with E-state index in [1.165, 1.54) is 0 Å². The largest absolute Gasteiger partial charge is 0.435 e. The molecule has 23 heavy (non-hydrogen) atoms. The Kier molecular flexibility index (Phi) is 5.48. The molecule has 0 amide bonds. The van der Waals surface area contributed by atoms with Gasteiger partial charge in [-0.25, -0.2) is 0 Å². The molecule has 1 aliphatic heterocycles. The maximum atomic E-state index is 12.3. The molecular weight excluding hydrogens is 342 g/mol. The Hall–Kier alpha value is -1.21. The first-order valence-corrected chi connectivity index (χ1v) is 8.58. The molecule has 0 bridgehead atoms. The molecule has 2 heterocycles. The molecule has 1 atom stereocenters. The fourth-order valence-corrected chi connectivity index (χ4v) is 4.03. The van der Waals surface area contributed by atoms with Crippen LogP contribution in [0.1, 0.15) is 16.5 Å². The van der Waals surface area contributed by atoms with Gasteiger partial charge in [0.25, 0.3) is 0 Å². The van der Waals surface area contributed by atoms with Crippen molar-refractivity contribution in [3.8, 4) is 5.75 Å². The summed E-state index contributed by atoms with van der Waals surface area (Å²) in [5.41, 5.74) is 1.05. The van der Waals surface area contributed by atoms with Crippen LogP contribution in [0.2, 0.25) is 4.34 Å². The summed E-state index contributed by atoms with van der Waals surface area (Å²) in [6, 6.07) is 10.9. The second kappa shape index (κ2) is 7.57. The minimum absolute atomic E-state index is 0.0789. The predicted molar refractivity (Wildman–Crippen MR) is 88.7 cm³/mol. The molecule has 1 aromatic heterocycles. The minimum Gasteiger partial charge on any atom is -0.435 e.